The van der Waals surface area contributed by atoms with Gasteiger partial charge in [0.2, 0.25) is 17.7 Å². The van der Waals surface area contributed by atoms with E-state index in [0.717, 1.165) is 5.56 Å². The lowest BCUT2D eigenvalue weighted by molar-refractivity contribution is -0.120. The van der Waals surface area contributed by atoms with Crippen LogP contribution >= 0.6 is 11.6 Å². The van der Waals surface area contributed by atoms with E-state index >= 15 is 0 Å². The molecule has 0 aliphatic rings. The van der Waals surface area contributed by atoms with Crippen LogP contribution < -0.4 is 5.32 Å². The maximum atomic E-state index is 13.1. The van der Waals surface area contributed by atoms with Crippen LogP contribution in [0.4, 0.5) is 4.39 Å². The molecule has 24 heavy (non-hydrogen) atoms. The molecule has 3 aromatic rings. The number of amides is 1. The van der Waals surface area contributed by atoms with Gasteiger partial charge in [0.05, 0.1) is 13.0 Å². The fourth-order valence-corrected chi connectivity index (χ4v) is 2.23. The predicted octanol–water partition coefficient (Wildman–Crippen LogP) is 3.39. The van der Waals surface area contributed by atoms with Gasteiger partial charge in [-0.3, -0.25) is 4.79 Å². The molecule has 1 N–H and O–H groups in total. The molecule has 122 valence electrons. The Bertz CT molecular complexity index is 849. The first-order valence-electron chi connectivity index (χ1n) is 7.19. The van der Waals surface area contributed by atoms with Crippen molar-refractivity contribution in [1.29, 1.82) is 0 Å². The number of carbonyl (C=O) groups excluding carboxylic acids is 1. The second-order valence-electron chi connectivity index (χ2n) is 5.09. The Balaban J connectivity index is 1.57. The van der Waals surface area contributed by atoms with Crippen LogP contribution in [0, 0.1) is 5.82 Å². The Morgan fingerprint density at radius 1 is 1.17 bits per heavy atom. The van der Waals surface area contributed by atoms with Crippen molar-refractivity contribution >= 4 is 17.5 Å². The number of carbonyl (C=O) groups is 1. The summed E-state index contributed by atoms with van der Waals surface area (Å²) in [6.45, 7) is 0.106. The summed E-state index contributed by atoms with van der Waals surface area (Å²) in [5.74, 6) is 0.00485. The Morgan fingerprint density at radius 3 is 2.71 bits per heavy atom. The minimum atomic E-state index is -0.371. The van der Waals surface area contributed by atoms with Crippen LogP contribution in [0.5, 0.6) is 0 Å². The third-order valence-corrected chi connectivity index (χ3v) is 3.50. The third-order valence-electron chi connectivity index (χ3n) is 3.25. The molecular weight excluding hydrogens is 333 g/mol. The Hall–Kier alpha value is -2.73. The van der Waals surface area contributed by atoms with E-state index in [-0.39, 0.29) is 30.6 Å². The largest absolute Gasteiger partial charge is 0.419 e. The van der Waals surface area contributed by atoms with Gasteiger partial charge in [-0.1, -0.05) is 23.7 Å². The SMILES string of the molecule is O=C(Cc1cccc(F)c1)NCc1nnc(-c2ccc(Cl)cc2)o1. The van der Waals surface area contributed by atoms with Crippen LogP contribution in [-0.4, -0.2) is 16.1 Å². The molecule has 0 saturated heterocycles. The van der Waals surface area contributed by atoms with E-state index in [9.17, 15) is 9.18 Å². The van der Waals surface area contributed by atoms with Gasteiger partial charge in [-0.15, -0.1) is 10.2 Å². The van der Waals surface area contributed by atoms with Gasteiger partial charge >= 0.3 is 0 Å². The molecular formula is C17H13ClFN3O2. The molecule has 0 spiro atoms. The zero-order valence-corrected chi connectivity index (χ0v) is 13.3. The number of nitrogens with one attached hydrogen (secondary N) is 1. The zero-order valence-electron chi connectivity index (χ0n) is 12.5. The second kappa shape index (κ2) is 7.23. The Kier molecular flexibility index (Phi) is 4.86. The monoisotopic (exact) mass is 345 g/mol. The highest BCUT2D eigenvalue weighted by molar-refractivity contribution is 6.30. The van der Waals surface area contributed by atoms with Gasteiger partial charge in [0.1, 0.15) is 5.82 Å². The molecule has 0 atom stereocenters. The molecule has 0 radical (unpaired) electrons. The molecule has 1 heterocycles. The number of rotatable bonds is 5. The number of nitrogens with zero attached hydrogens (tertiary/aromatic N) is 2. The summed E-state index contributed by atoms with van der Waals surface area (Å²) < 4.78 is 18.6. The number of hydrogen-bond donors (Lipinski definition) is 1. The summed E-state index contributed by atoms with van der Waals surface area (Å²) in [6, 6.07) is 12.9. The molecule has 1 amide bonds. The summed E-state index contributed by atoms with van der Waals surface area (Å²) in [7, 11) is 0. The van der Waals surface area contributed by atoms with Crippen molar-refractivity contribution in [3.05, 3.63) is 70.8 Å². The molecule has 0 aliphatic carbocycles. The van der Waals surface area contributed by atoms with Crippen LogP contribution in [0.3, 0.4) is 0 Å². The van der Waals surface area contributed by atoms with Crippen molar-refractivity contribution in [3.63, 3.8) is 0 Å². The van der Waals surface area contributed by atoms with E-state index in [0.29, 0.717) is 16.5 Å². The maximum Gasteiger partial charge on any atom is 0.247 e. The average molecular weight is 346 g/mol. The third kappa shape index (κ3) is 4.17. The Labute approximate surface area is 142 Å². The van der Waals surface area contributed by atoms with Crippen molar-refractivity contribution in [1.82, 2.24) is 15.5 Å². The maximum absolute atomic E-state index is 13.1. The van der Waals surface area contributed by atoms with Gasteiger partial charge < -0.3 is 9.73 Å². The van der Waals surface area contributed by atoms with E-state index in [1.54, 1.807) is 36.4 Å². The lowest BCUT2D eigenvalue weighted by Crippen LogP contribution is -2.24. The van der Waals surface area contributed by atoms with Gasteiger partial charge in [-0.05, 0) is 42.0 Å². The first-order valence-corrected chi connectivity index (χ1v) is 7.57. The van der Waals surface area contributed by atoms with E-state index in [1.807, 2.05) is 0 Å². The van der Waals surface area contributed by atoms with Crippen LogP contribution in [0.2, 0.25) is 5.02 Å². The summed E-state index contributed by atoms with van der Waals surface area (Å²) >= 11 is 5.83. The fourth-order valence-electron chi connectivity index (χ4n) is 2.10. The number of benzene rings is 2. The molecule has 7 heteroatoms. The van der Waals surface area contributed by atoms with Crippen molar-refractivity contribution in [2.75, 3.05) is 0 Å². The highest BCUT2D eigenvalue weighted by Crippen LogP contribution is 2.20. The lowest BCUT2D eigenvalue weighted by atomic mass is 10.1. The predicted molar refractivity (Wildman–Crippen MR) is 86.7 cm³/mol. The number of hydrogen-bond acceptors (Lipinski definition) is 4. The quantitative estimate of drug-likeness (QED) is 0.769. The van der Waals surface area contributed by atoms with Crippen molar-refractivity contribution in [2.45, 2.75) is 13.0 Å². The Morgan fingerprint density at radius 2 is 1.96 bits per heavy atom. The first-order chi connectivity index (χ1) is 11.6. The first kappa shape index (κ1) is 16.1. The van der Waals surface area contributed by atoms with Crippen LogP contribution in [0.1, 0.15) is 11.5 Å². The van der Waals surface area contributed by atoms with Gasteiger partial charge in [-0.25, -0.2) is 4.39 Å². The molecule has 2 aromatic carbocycles. The zero-order chi connectivity index (χ0) is 16.9. The van der Waals surface area contributed by atoms with E-state index in [4.69, 9.17) is 16.0 Å². The number of aromatic nitrogens is 2. The smallest absolute Gasteiger partial charge is 0.247 e. The van der Waals surface area contributed by atoms with Crippen LogP contribution in [-0.2, 0) is 17.8 Å². The normalized spacial score (nSPS) is 10.6. The summed E-state index contributed by atoms with van der Waals surface area (Å²) in [5, 5.41) is 11.1. The van der Waals surface area contributed by atoms with E-state index in [2.05, 4.69) is 15.5 Å². The summed E-state index contributed by atoms with van der Waals surface area (Å²) in [6.07, 6.45) is 0.0793. The summed E-state index contributed by atoms with van der Waals surface area (Å²) in [5.41, 5.74) is 1.34. The van der Waals surface area contributed by atoms with Crippen LogP contribution in [0.15, 0.2) is 52.9 Å². The van der Waals surface area contributed by atoms with E-state index in [1.165, 1.54) is 12.1 Å². The molecule has 0 unspecified atom stereocenters. The lowest BCUT2D eigenvalue weighted by Gasteiger charge is -2.03. The average Bonchev–Trinajstić information content (AvgIpc) is 3.03. The van der Waals surface area contributed by atoms with Crippen molar-refractivity contribution < 1.29 is 13.6 Å². The molecule has 0 saturated carbocycles. The topological polar surface area (TPSA) is 68.0 Å². The second-order valence-corrected chi connectivity index (χ2v) is 5.53. The van der Waals surface area contributed by atoms with Gasteiger partial charge in [0, 0.05) is 10.6 Å². The fraction of sp³-hybridized carbons (Fsp3) is 0.118. The molecule has 3 rings (SSSR count). The summed E-state index contributed by atoms with van der Waals surface area (Å²) in [4.78, 5) is 11.9. The molecule has 5 nitrogen and oxygen atoms in total. The highest BCUT2D eigenvalue weighted by atomic mass is 35.5. The molecule has 0 aliphatic heterocycles. The van der Waals surface area contributed by atoms with Crippen molar-refractivity contribution in [2.24, 2.45) is 0 Å². The van der Waals surface area contributed by atoms with Gasteiger partial charge in [-0.2, -0.15) is 0 Å². The minimum Gasteiger partial charge on any atom is -0.419 e. The van der Waals surface area contributed by atoms with Crippen molar-refractivity contribution in [3.8, 4) is 11.5 Å². The van der Waals surface area contributed by atoms with Crippen LogP contribution in [0.25, 0.3) is 11.5 Å². The highest BCUT2D eigenvalue weighted by Gasteiger charge is 2.10. The van der Waals surface area contributed by atoms with Gasteiger partial charge in [0.15, 0.2) is 0 Å². The molecule has 0 bridgehead atoms. The molecule has 0 fully saturated rings. The van der Waals surface area contributed by atoms with E-state index < -0.39 is 0 Å². The standard InChI is InChI=1S/C17H13ClFN3O2/c18-13-6-4-12(5-7-13)17-22-21-16(24-17)10-20-15(23)9-11-2-1-3-14(19)8-11/h1-8H,9-10H2,(H,20,23). The minimum absolute atomic E-state index is 0.0793. The van der Waals surface area contributed by atoms with Gasteiger partial charge in [0.25, 0.3) is 0 Å². The number of halogens is 2. The molecule has 1 aromatic heterocycles.